The maximum atomic E-state index is 12.1. The number of carbonyl (C=O) groups excluding carboxylic acids is 1. The van der Waals surface area contributed by atoms with E-state index in [1.807, 2.05) is 12.1 Å². The number of aromatic nitrogens is 1. The first-order chi connectivity index (χ1) is 10.7. The van der Waals surface area contributed by atoms with Crippen molar-refractivity contribution in [2.45, 2.75) is 38.7 Å². The van der Waals surface area contributed by atoms with E-state index in [4.69, 9.17) is 4.74 Å². The van der Waals surface area contributed by atoms with Crippen LogP contribution in [0.1, 0.15) is 43.0 Å². The molecule has 1 N–H and O–H groups in total. The van der Waals surface area contributed by atoms with Crippen molar-refractivity contribution in [1.82, 2.24) is 10.3 Å². The molecule has 1 atom stereocenters. The van der Waals surface area contributed by atoms with Crippen LogP contribution in [0.4, 0.5) is 5.82 Å². The van der Waals surface area contributed by atoms with Crippen molar-refractivity contribution in [3.63, 3.8) is 0 Å². The van der Waals surface area contributed by atoms with Gasteiger partial charge < -0.3 is 15.0 Å². The van der Waals surface area contributed by atoms with Gasteiger partial charge in [-0.1, -0.05) is 6.92 Å². The number of piperidine rings is 1. The first-order valence-electron chi connectivity index (χ1n) is 8.33. The highest BCUT2D eigenvalue weighted by atomic mass is 16.5. The highest BCUT2D eigenvalue weighted by Crippen LogP contribution is 2.21. The van der Waals surface area contributed by atoms with Gasteiger partial charge in [0.05, 0.1) is 11.7 Å². The van der Waals surface area contributed by atoms with Crippen LogP contribution in [0.25, 0.3) is 0 Å². The molecule has 2 fully saturated rings. The molecule has 2 saturated heterocycles. The van der Waals surface area contributed by atoms with E-state index in [0.717, 1.165) is 44.3 Å². The Morgan fingerprint density at radius 2 is 2.18 bits per heavy atom. The molecule has 0 saturated carbocycles. The van der Waals surface area contributed by atoms with Gasteiger partial charge in [0.15, 0.2) is 0 Å². The van der Waals surface area contributed by atoms with Gasteiger partial charge >= 0.3 is 0 Å². The molecule has 120 valence electrons. The average Bonchev–Trinajstić information content (AvgIpc) is 3.07. The van der Waals surface area contributed by atoms with Crippen LogP contribution in [0.3, 0.4) is 0 Å². The minimum Gasteiger partial charge on any atom is -0.376 e. The minimum atomic E-state index is -0.0678. The van der Waals surface area contributed by atoms with Crippen molar-refractivity contribution in [3.05, 3.63) is 23.9 Å². The number of hydrogen-bond acceptors (Lipinski definition) is 4. The van der Waals surface area contributed by atoms with Crippen LogP contribution in [0, 0.1) is 5.92 Å². The molecule has 1 aromatic heterocycles. The maximum absolute atomic E-state index is 12.1. The molecule has 2 aliphatic rings. The number of pyridine rings is 1. The first kappa shape index (κ1) is 15.3. The molecule has 3 rings (SSSR count). The van der Waals surface area contributed by atoms with Gasteiger partial charge in [-0.05, 0) is 43.7 Å². The minimum absolute atomic E-state index is 0.0678. The second-order valence-electron chi connectivity index (χ2n) is 6.42. The monoisotopic (exact) mass is 303 g/mol. The Labute approximate surface area is 132 Å². The summed E-state index contributed by atoms with van der Waals surface area (Å²) in [4.78, 5) is 18.9. The van der Waals surface area contributed by atoms with Gasteiger partial charge in [-0.3, -0.25) is 4.79 Å². The van der Waals surface area contributed by atoms with Crippen molar-refractivity contribution in [2.75, 3.05) is 31.1 Å². The van der Waals surface area contributed by atoms with Crippen LogP contribution in [-0.2, 0) is 4.74 Å². The topological polar surface area (TPSA) is 54.5 Å². The molecular weight excluding hydrogens is 278 g/mol. The Morgan fingerprint density at radius 1 is 1.36 bits per heavy atom. The fourth-order valence-corrected chi connectivity index (χ4v) is 3.06. The van der Waals surface area contributed by atoms with E-state index in [1.165, 1.54) is 12.8 Å². The normalized spacial score (nSPS) is 22.8. The Morgan fingerprint density at radius 3 is 2.82 bits per heavy atom. The second-order valence-corrected chi connectivity index (χ2v) is 6.42. The van der Waals surface area contributed by atoms with E-state index in [9.17, 15) is 4.79 Å². The van der Waals surface area contributed by atoms with Crippen LogP contribution in [0.15, 0.2) is 18.3 Å². The number of hydrogen-bond donors (Lipinski definition) is 1. The van der Waals surface area contributed by atoms with Gasteiger partial charge in [-0.25, -0.2) is 4.98 Å². The first-order valence-corrected chi connectivity index (χ1v) is 8.33. The second kappa shape index (κ2) is 7.09. The quantitative estimate of drug-likeness (QED) is 0.927. The van der Waals surface area contributed by atoms with Crippen molar-refractivity contribution in [2.24, 2.45) is 5.92 Å². The molecule has 2 aliphatic heterocycles. The fourth-order valence-electron chi connectivity index (χ4n) is 3.06. The van der Waals surface area contributed by atoms with Crippen LogP contribution >= 0.6 is 0 Å². The molecule has 5 heteroatoms. The molecule has 5 nitrogen and oxygen atoms in total. The Kier molecular flexibility index (Phi) is 4.93. The molecule has 1 amide bonds. The molecule has 0 aliphatic carbocycles. The Balaban J connectivity index is 1.53. The molecular formula is C17H25N3O2. The lowest BCUT2D eigenvalue weighted by atomic mass is 9.99. The summed E-state index contributed by atoms with van der Waals surface area (Å²) >= 11 is 0. The van der Waals surface area contributed by atoms with Gasteiger partial charge in [0, 0.05) is 32.4 Å². The summed E-state index contributed by atoms with van der Waals surface area (Å²) in [5.74, 6) is 1.71. The summed E-state index contributed by atoms with van der Waals surface area (Å²) < 4.78 is 5.51. The number of nitrogens with zero attached hydrogens (tertiary/aromatic N) is 2. The molecule has 0 spiro atoms. The number of anilines is 1. The van der Waals surface area contributed by atoms with Gasteiger partial charge in [-0.15, -0.1) is 0 Å². The molecule has 22 heavy (non-hydrogen) atoms. The van der Waals surface area contributed by atoms with E-state index in [-0.39, 0.29) is 12.0 Å². The lowest BCUT2D eigenvalue weighted by molar-refractivity contribution is 0.0857. The molecule has 1 aromatic rings. The standard InChI is InChI=1S/C17H25N3O2/c1-13-6-8-20(9-7-13)16-5-4-14(11-18-16)17(21)19-12-15-3-2-10-22-15/h4-5,11,13,15H,2-3,6-10,12H2,1H3,(H,19,21)/t15-/m1/s1. The van der Waals surface area contributed by atoms with Gasteiger partial charge in [0.2, 0.25) is 0 Å². The third-order valence-corrected chi connectivity index (χ3v) is 4.63. The summed E-state index contributed by atoms with van der Waals surface area (Å²) in [6.45, 7) is 5.81. The smallest absolute Gasteiger partial charge is 0.252 e. The van der Waals surface area contributed by atoms with Crippen molar-refractivity contribution < 1.29 is 9.53 Å². The van der Waals surface area contributed by atoms with E-state index in [1.54, 1.807) is 6.20 Å². The lowest BCUT2D eigenvalue weighted by Gasteiger charge is -2.31. The van der Waals surface area contributed by atoms with Gasteiger partial charge in [0.25, 0.3) is 5.91 Å². The zero-order valence-electron chi connectivity index (χ0n) is 13.3. The number of rotatable bonds is 4. The maximum Gasteiger partial charge on any atom is 0.252 e. The van der Waals surface area contributed by atoms with Crippen LogP contribution in [0.5, 0.6) is 0 Å². The zero-order valence-corrected chi connectivity index (χ0v) is 13.3. The van der Waals surface area contributed by atoms with Crippen LogP contribution in [0.2, 0.25) is 0 Å². The summed E-state index contributed by atoms with van der Waals surface area (Å²) in [5, 5.41) is 2.93. The van der Waals surface area contributed by atoms with E-state index in [2.05, 4.69) is 22.1 Å². The largest absolute Gasteiger partial charge is 0.376 e. The SMILES string of the molecule is CC1CCN(c2ccc(C(=O)NC[C@H]3CCCO3)cn2)CC1. The third kappa shape index (κ3) is 3.77. The highest BCUT2D eigenvalue weighted by molar-refractivity contribution is 5.94. The number of amides is 1. The van der Waals surface area contributed by atoms with Crippen molar-refractivity contribution in [3.8, 4) is 0 Å². The molecule has 0 bridgehead atoms. The van der Waals surface area contributed by atoms with Crippen molar-refractivity contribution in [1.29, 1.82) is 0 Å². The number of ether oxygens (including phenoxy) is 1. The summed E-state index contributed by atoms with van der Waals surface area (Å²) in [6.07, 6.45) is 6.40. The Hall–Kier alpha value is -1.62. The van der Waals surface area contributed by atoms with Crippen molar-refractivity contribution >= 4 is 11.7 Å². The summed E-state index contributed by atoms with van der Waals surface area (Å²) in [5.41, 5.74) is 0.618. The van der Waals surface area contributed by atoms with Gasteiger partial charge in [0.1, 0.15) is 5.82 Å². The van der Waals surface area contributed by atoms with E-state index >= 15 is 0 Å². The predicted octanol–water partition coefficient (Wildman–Crippen LogP) is 2.23. The van der Waals surface area contributed by atoms with E-state index in [0.29, 0.717) is 12.1 Å². The van der Waals surface area contributed by atoms with Crippen LogP contribution < -0.4 is 10.2 Å². The zero-order chi connectivity index (χ0) is 15.4. The molecule has 0 radical (unpaired) electrons. The number of carbonyl (C=O) groups is 1. The van der Waals surface area contributed by atoms with Crippen LogP contribution in [-0.4, -0.2) is 43.2 Å². The van der Waals surface area contributed by atoms with E-state index < -0.39 is 0 Å². The summed E-state index contributed by atoms with van der Waals surface area (Å²) in [6, 6.07) is 3.82. The third-order valence-electron chi connectivity index (χ3n) is 4.63. The highest BCUT2D eigenvalue weighted by Gasteiger charge is 2.18. The van der Waals surface area contributed by atoms with Gasteiger partial charge in [-0.2, -0.15) is 0 Å². The predicted molar refractivity (Wildman–Crippen MR) is 86.2 cm³/mol. The summed E-state index contributed by atoms with van der Waals surface area (Å²) in [7, 11) is 0. The Bertz CT molecular complexity index is 489. The average molecular weight is 303 g/mol. The number of nitrogens with one attached hydrogen (secondary N) is 1. The lowest BCUT2D eigenvalue weighted by Crippen LogP contribution is -2.34. The fraction of sp³-hybridized carbons (Fsp3) is 0.647. The molecule has 0 aromatic carbocycles. The molecule has 0 unspecified atom stereocenters. The molecule has 3 heterocycles.